The minimum Gasteiger partial charge on any atom is -0.508 e. The lowest BCUT2D eigenvalue weighted by Crippen LogP contribution is -1.94. The van der Waals surface area contributed by atoms with E-state index >= 15 is 0 Å². The Hall–Kier alpha value is -3.66. The summed E-state index contributed by atoms with van der Waals surface area (Å²) < 4.78 is 5.76. The van der Waals surface area contributed by atoms with Crippen LogP contribution in [0.5, 0.6) is 11.5 Å². The number of rotatable bonds is 3. The van der Waals surface area contributed by atoms with Gasteiger partial charge in [0.1, 0.15) is 18.1 Å². The van der Waals surface area contributed by atoms with Gasteiger partial charge in [-0.25, -0.2) is 0 Å². The van der Waals surface area contributed by atoms with Gasteiger partial charge in [0.25, 0.3) is 0 Å². The highest BCUT2D eigenvalue weighted by Gasteiger charge is 1.98. The zero-order chi connectivity index (χ0) is 18.5. The lowest BCUT2D eigenvalue weighted by molar-refractivity contribution is 0.306. The number of phenolic OH excluding ortho intramolecular Hbond substituents is 1. The average Bonchev–Trinajstić information content (AvgIpc) is 3.36. The van der Waals surface area contributed by atoms with Gasteiger partial charge in [0.2, 0.25) is 0 Å². The van der Waals surface area contributed by atoms with Gasteiger partial charge in [0.05, 0.1) is 0 Å². The van der Waals surface area contributed by atoms with E-state index in [1.54, 1.807) is 12.1 Å². The summed E-state index contributed by atoms with van der Waals surface area (Å²) in [4.78, 5) is 6.20. The van der Waals surface area contributed by atoms with Gasteiger partial charge in [-0.15, -0.1) is 0 Å². The Bertz CT molecular complexity index is 1150. The number of ether oxygens (including phenoxy) is 1. The second-order valence-electron chi connectivity index (χ2n) is 6.25. The molecule has 0 fully saturated rings. The smallest absolute Gasteiger partial charge is 0.120 e. The molecule has 0 saturated heterocycles. The van der Waals surface area contributed by atoms with Crippen molar-refractivity contribution >= 4 is 21.8 Å². The summed E-state index contributed by atoms with van der Waals surface area (Å²) in [6, 6.07) is 25.5. The van der Waals surface area contributed by atoms with E-state index in [-0.39, 0.29) is 8.85 Å². The number of aromatic hydroxyl groups is 1. The van der Waals surface area contributed by atoms with Gasteiger partial charge < -0.3 is 19.8 Å². The molecule has 0 aliphatic heterocycles. The maximum Gasteiger partial charge on any atom is 0.120 e. The van der Waals surface area contributed by atoms with Gasteiger partial charge in [-0.2, -0.15) is 0 Å². The third-order valence-electron chi connectivity index (χ3n) is 4.31. The van der Waals surface area contributed by atoms with Crippen LogP contribution in [0.4, 0.5) is 0 Å². The molecule has 0 radical (unpaired) electrons. The summed E-state index contributed by atoms with van der Waals surface area (Å²) in [5.41, 5.74) is 3.37. The fourth-order valence-corrected chi connectivity index (χ4v) is 2.90. The molecule has 0 saturated carbocycles. The zero-order valence-electron chi connectivity index (χ0n) is 14.7. The van der Waals surface area contributed by atoms with Crippen LogP contribution in [-0.2, 0) is 6.61 Å². The predicted octanol–water partition coefficient (Wildman–Crippen LogP) is 6.50. The summed E-state index contributed by atoms with van der Waals surface area (Å²) in [6.07, 6.45) is 3.79. The fraction of sp³-hybridized carbons (Fsp3) is 0.0833. The molecule has 0 amide bonds. The highest BCUT2D eigenvalue weighted by atomic mass is 16.5. The van der Waals surface area contributed by atoms with Crippen molar-refractivity contribution in [2.75, 3.05) is 0 Å². The van der Waals surface area contributed by atoms with Gasteiger partial charge in [-0.1, -0.05) is 37.8 Å². The Morgan fingerprint density at radius 2 is 1.39 bits per heavy atom. The summed E-state index contributed by atoms with van der Waals surface area (Å²) in [7, 11) is 0. The Balaban J connectivity index is 0.000000216. The quantitative estimate of drug-likeness (QED) is 0.337. The van der Waals surface area contributed by atoms with E-state index in [9.17, 15) is 0 Å². The van der Waals surface area contributed by atoms with Crippen LogP contribution >= 0.6 is 0 Å². The monoisotopic (exact) mass is 375 g/mol. The molecule has 0 atom stereocenters. The van der Waals surface area contributed by atoms with Crippen LogP contribution in [0.2, 0.25) is 0 Å². The van der Waals surface area contributed by atoms with E-state index in [2.05, 4.69) is 28.2 Å². The SMILES string of the molecule is C.Oc1ccc2[nH]ccc2c1.[2HH].c1ccc(COc2ccc3[nH]ccc3c2)cc1. The first-order chi connectivity index (χ1) is 13.3. The van der Waals surface area contributed by atoms with Crippen molar-refractivity contribution in [2.45, 2.75) is 14.0 Å². The third kappa shape index (κ3) is 4.54. The predicted molar refractivity (Wildman–Crippen MR) is 118 cm³/mol. The molecule has 0 spiro atoms. The van der Waals surface area contributed by atoms with E-state index in [1.807, 2.05) is 60.9 Å². The molecule has 3 N–H and O–H groups in total. The summed E-state index contributed by atoms with van der Waals surface area (Å²) in [5, 5.41) is 11.3. The Morgan fingerprint density at radius 3 is 2.11 bits per heavy atom. The lowest BCUT2D eigenvalue weighted by atomic mass is 10.2. The standard InChI is InChI=1S/C15H13NO.C8H7NO.CH4.H2/c1-2-4-12(5-3-1)11-17-14-6-7-15-13(10-14)8-9-16-15;10-7-1-2-8-6(5-7)3-4-9-8;;/h1-10,16H,11H2;1-5,9-10H;1H4;1H/i;;;1+1. The zero-order valence-corrected chi connectivity index (χ0v) is 14.7. The minimum absolute atomic E-state index is 0. The van der Waals surface area contributed by atoms with Crippen LogP contribution < -0.4 is 4.74 Å². The van der Waals surface area contributed by atoms with Gasteiger partial charge >= 0.3 is 0 Å². The molecule has 0 unspecified atom stereocenters. The first kappa shape index (κ1) is 19.1. The van der Waals surface area contributed by atoms with Crippen LogP contribution in [0.25, 0.3) is 21.8 Å². The second kappa shape index (κ2) is 8.82. The van der Waals surface area contributed by atoms with Crippen LogP contribution in [0, 0.1) is 0 Å². The summed E-state index contributed by atoms with van der Waals surface area (Å²) >= 11 is 0. The van der Waals surface area contributed by atoms with E-state index in [4.69, 9.17) is 9.84 Å². The van der Waals surface area contributed by atoms with Gasteiger partial charge in [-0.05, 0) is 54.1 Å². The molecule has 2 heterocycles. The topological polar surface area (TPSA) is 61.0 Å². The van der Waals surface area contributed by atoms with E-state index in [0.29, 0.717) is 12.4 Å². The van der Waals surface area contributed by atoms with Crippen LogP contribution in [0.15, 0.2) is 91.3 Å². The maximum atomic E-state index is 9.03. The Labute approximate surface area is 165 Å². The largest absolute Gasteiger partial charge is 0.508 e. The highest BCUT2D eigenvalue weighted by molar-refractivity contribution is 5.81. The van der Waals surface area contributed by atoms with Crippen LogP contribution in [0.1, 0.15) is 14.4 Å². The number of H-pyrrole nitrogens is 2. The van der Waals surface area contributed by atoms with Gasteiger partial charge in [-0.3, -0.25) is 0 Å². The van der Waals surface area contributed by atoms with Crippen LogP contribution in [-0.4, -0.2) is 15.1 Å². The maximum absolute atomic E-state index is 9.03. The van der Waals surface area contributed by atoms with Crippen molar-refractivity contribution in [1.29, 1.82) is 0 Å². The molecule has 0 bridgehead atoms. The van der Waals surface area contributed by atoms with Crippen molar-refractivity contribution in [1.82, 2.24) is 9.97 Å². The number of fused-ring (bicyclic) bond motifs is 2. The van der Waals surface area contributed by atoms with Crippen molar-refractivity contribution < 1.29 is 11.3 Å². The van der Waals surface area contributed by atoms with Gasteiger partial charge in [0, 0.05) is 35.6 Å². The Morgan fingerprint density at radius 1 is 0.750 bits per heavy atom. The first-order valence-corrected chi connectivity index (χ1v) is 8.78. The minimum atomic E-state index is 0. The third-order valence-corrected chi connectivity index (χ3v) is 4.31. The molecular formula is C24H26N2O2. The number of phenols is 1. The summed E-state index contributed by atoms with van der Waals surface area (Å²) in [6.45, 7) is 0.608. The van der Waals surface area contributed by atoms with E-state index < -0.39 is 0 Å². The van der Waals surface area contributed by atoms with Crippen LogP contribution in [0.3, 0.4) is 0 Å². The van der Waals surface area contributed by atoms with Crippen molar-refractivity contribution in [3.05, 3.63) is 96.8 Å². The molecule has 5 rings (SSSR count). The molecule has 0 aliphatic carbocycles. The number of aromatic nitrogens is 2. The molecule has 4 nitrogen and oxygen atoms in total. The van der Waals surface area contributed by atoms with Crippen molar-refractivity contribution in [3.63, 3.8) is 0 Å². The molecule has 5 aromatic rings. The lowest BCUT2D eigenvalue weighted by Gasteiger charge is -2.06. The molecule has 2 aromatic heterocycles. The molecular weight excluding hydrogens is 348 g/mol. The molecule has 4 heteroatoms. The number of hydrogen-bond donors (Lipinski definition) is 3. The number of aromatic amines is 2. The first-order valence-electron chi connectivity index (χ1n) is 8.78. The normalized spacial score (nSPS) is 10.1. The van der Waals surface area contributed by atoms with E-state index in [1.165, 1.54) is 10.9 Å². The van der Waals surface area contributed by atoms with Gasteiger partial charge in [0.15, 0.2) is 0 Å². The number of nitrogens with one attached hydrogen (secondary N) is 2. The molecule has 3 aromatic carbocycles. The fourth-order valence-electron chi connectivity index (χ4n) is 2.90. The van der Waals surface area contributed by atoms with Crippen molar-refractivity contribution in [2.24, 2.45) is 0 Å². The van der Waals surface area contributed by atoms with Crippen molar-refractivity contribution in [3.8, 4) is 11.5 Å². The van der Waals surface area contributed by atoms with E-state index in [0.717, 1.165) is 22.2 Å². The number of hydrogen-bond acceptors (Lipinski definition) is 2. The second-order valence-corrected chi connectivity index (χ2v) is 6.25. The molecule has 28 heavy (non-hydrogen) atoms. The number of benzene rings is 3. The average molecular weight is 375 g/mol. The highest BCUT2D eigenvalue weighted by Crippen LogP contribution is 2.20. The molecule has 144 valence electrons. The molecule has 0 aliphatic rings. The Kier molecular flexibility index (Phi) is 6.02. The summed E-state index contributed by atoms with van der Waals surface area (Å²) in [5.74, 6) is 1.22.